The minimum atomic E-state index is -0.362. The zero-order chi connectivity index (χ0) is 17.3. The molecule has 24 heavy (non-hydrogen) atoms. The molecular weight excluding hydrogens is 324 g/mol. The maximum absolute atomic E-state index is 12.4. The Kier molecular flexibility index (Phi) is 4.58. The van der Waals surface area contributed by atoms with Gasteiger partial charge in [-0.2, -0.15) is 0 Å². The van der Waals surface area contributed by atoms with E-state index in [0.29, 0.717) is 11.6 Å². The molecule has 0 saturated carbocycles. The van der Waals surface area contributed by atoms with Gasteiger partial charge in [0.15, 0.2) is 0 Å². The topological polar surface area (TPSA) is 49.4 Å². The van der Waals surface area contributed by atoms with E-state index < -0.39 is 0 Å². The van der Waals surface area contributed by atoms with E-state index in [1.807, 2.05) is 50.2 Å². The summed E-state index contributed by atoms with van der Waals surface area (Å²) in [6, 6.07) is 13.1. The van der Waals surface area contributed by atoms with Crippen LogP contribution in [0.5, 0.6) is 0 Å². The van der Waals surface area contributed by atoms with Gasteiger partial charge in [-0.05, 0) is 43.7 Å². The Balaban J connectivity index is 1.70. The number of hydrogen-bond donors (Lipinski definition) is 1. The molecule has 1 atom stereocenters. The van der Waals surface area contributed by atoms with Crippen molar-refractivity contribution in [1.29, 1.82) is 0 Å². The molecule has 5 heteroatoms. The Morgan fingerprint density at radius 1 is 1.17 bits per heavy atom. The standard InChI is InChI=1S/C19H19ClN2O2/c1-12-3-6-15(7-4-12)21-19(24)14-9-18(23)22(11-14)16-8-5-13(2)17(20)10-16/h3-8,10,14H,9,11H2,1-2H3,(H,21,24)/t14-/m0/s1. The molecule has 4 nitrogen and oxygen atoms in total. The third-order valence-electron chi connectivity index (χ3n) is 4.28. The summed E-state index contributed by atoms with van der Waals surface area (Å²) in [6.45, 7) is 4.28. The van der Waals surface area contributed by atoms with Crippen LogP contribution in [0.1, 0.15) is 17.5 Å². The largest absolute Gasteiger partial charge is 0.326 e. The minimum Gasteiger partial charge on any atom is -0.326 e. The first-order chi connectivity index (χ1) is 11.4. The molecule has 1 aliphatic rings. The molecule has 2 aromatic carbocycles. The van der Waals surface area contributed by atoms with Gasteiger partial charge in [0.1, 0.15) is 0 Å². The summed E-state index contributed by atoms with van der Waals surface area (Å²) in [7, 11) is 0. The van der Waals surface area contributed by atoms with Gasteiger partial charge in [0.05, 0.1) is 5.92 Å². The number of anilines is 2. The second-order valence-corrected chi connectivity index (χ2v) is 6.60. The molecule has 0 spiro atoms. The van der Waals surface area contributed by atoms with E-state index in [4.69, 9.17) is 11.6 Å². The molecule has 1 aliphatic heterocycles. The van der Waals surface area contributed by atoms with E-state index in [1.165, 1.54) is 0 Å². The first-order valence-electron chi connectivity index (χ1n) is 7.88. The fraction of sp³-hybridized carbons (Fsp3) is 0.263. The van der Waals surface area contributed by atoms with Crippen molar-refractivity contribution in [2.75, 3.05) is 16.8 Å². The highest BCUT2D eigenvalue weighted by Gasteiger charge is 2.35. The van der Waals surface area contributed by atoms with Crippen molar-refractivity contribution in [3.63, 3.8) is 0 Å². The van der Waals surface area contributed by atoms with Gasteiger partial charge >= 0.3 is 0 Å². The van der Waals surface area contributed by atoms with Crippen LogP contribution in [0.25, 0.3) is 0 Å². The average Bonchev–Trinajstić information content (AvgIpc) is 2.94. The molecule has 2 aromatic rings. The molecule has 3 rings (SSSR count). The molecule has 124 valence electrons. The normalized spacial score (nSPS) is 17.2. The van der Waals surface area contributed by atoms with E-state index in [1.54, 1.807) is 11.0 Å². The van der Waals surface area contributed by atoms with Gasteiger partial charge in [-0.3, -0.25) is 9.59 Å². The van der Waals surface area contributed by atoms with Crippen LogP contribution in [0.4, 0.5) is 11.4 Å². The summed E-state index contributed by atoms with van der Waals surface area (Å²) >= 11 is 6.14. The second kappa shape index (κ2) is 6.65. The number of carbonyl (C=O) groups is 2. The zero-order valence-electron chi connectivity index (χ0n) is 13.7. The highest BCUT2D eigenvalue weighted by atomic mass is 35.5. The SMILES string of the molecule is Cc1ccc(NC(=O)[C@H]2CC(=O)N(c3ccc(C)c(Cl)c3)C2)cc1. The van der Waals surface area contributed by atoms with Crippen molar-refractivity contribution in [3.05, 3.63) is 58.6 Å². The molecule has 0 radical (unpaired) electrons. The fourth-order valence-electron chi connectivity index (χ4n) is 2.76. The lowest BCUT2D eigenvalue weighted by Crippen LogP contribution is -2.28. The van der Waals surface area contributed by atoms with E-state index in [-0.39, 0.29) is 24.2 Å². The van der Waals surface area contributed by atoms with Crippen LogP contribution in [-0.2, 0) is 9.59 Å². The van der Waals surface area contributed by atoms with Crippen LogP contribution in [-0.4, -0.2) is 18.4 Å². The van der Waals surface area contributed by atoms with Crippen LogP contribution in [0.3, 0.4) is 0 Å². The molecule has 0 unspecified atom stereocenters. The summed E-state index contributed by atoms with van der Waals surface area (Å²) in [6.07, 6.45) is 0.211. The number of amides is 2. The molecule has 1 heterocycles. The average molecular weight is 343 g/mol. The van der Waals surface area contributed by atoms with Gasteiger partial charge in [0.2, 0.25) is 11.8 Å². The number of halogens is 1. The summed E-state index contributed by atoms with van der Waals surface area (Å²) in [4.78, 5) is 26.3. The number of nitrogens with zero attached hydrogens (tertiary/aromatic N) is 1. The van der Waals surface area contributed by atoms with Crippen molar-refractivity contribution in [2.45, 2.75) is 20.3 Å². The maximum atomic E-state index is 12.4. The molecule has 0 bridgehead atoms. The predicted octanol–water partition coefficient (Wildman–Crippen LogP) is 3.95. The Morgan fingerprint density at radius 2 is 1.88 bits per heavy atom. The van der Waals surface area contributed by atoms with E-state index >= 15 is 0 Å². The minimum absolute atomic E-state index is 0.0565. The zero-order valence-corrected chi connectivity index (χ0v) is 14.4. The van der Waals surface area contributed by atoms with Crippen LogP contribution in [0, 0.1) is 19.8 Å². The number of hydrogen-bond acceptors (Lipinski definition) is 2. The molecule has 1 N–H and O–H groups in total. The maximum Gasteiger partial charge on any atom is 0.229 e. The summed E-state index contributed by atoms with van der Waals surface area (Å²) in [5.74, 6) is -0.550. The number of rotatable bonds is 3. The van der Waals surface area contributed by atoms with E-state index in [2.05, 4.69) is 5.32 Å². The number of aryl methyl sites for hydroxylation is 2. The van der Waals surface area contributed by atoms with Crippen molar-refractivity contribution in [1.82, 2.24) is 0 Å². The number of nitrogens with one attached hydrogen (secondary N) is 1. The second-order valence-electron chi connectivity index (χ2n) is 6.19. The monoisotopic (exact) mass is 342 g/mol. The number of carbonyl (C=O) groups excluding carboxylic acids is 2. The number of benzene rings is 2. The van der Waals surface area contributed by atoms with E-state index in [9.17, 15) is 9.59 Å². The van der Waals surface area contributed by atoms with Crippen LogP contribution in [0.2, 0.25) is 5.02 Å². The lowest BCUT2D eigenvalue weighted by Gasteiger charge is -2.17. The third kappa shape index (κ3) is 3.44. The predicted molar refractivity (Wildman–Crippen MR) is 96.5 cm³/mol. The Labute approximate surface area is 146 Å². The smallest absolute Gasteiger partial charge is 0.229 e. The first kappa shape index (κ1) is 16.5. The lowest BCUT2D eigenvalue weighted by atomic mass is 10.1. The van der Waals surface area contributed by atoms with Gasteiger partial charge in [0.25, 0.3) is 0 Å². The van der Waals surface area contributed by atoms with Gasteiger partial charge in [0, 0.05) is 29.4 Å². The first-order valence-corrected chi connectivity index (χ1v) is 8.26. The van der Waals surface area contributed by atoms with Gasteiger partial charge in [-0.1, -0.05) is 35.4 Å². The van der Waals surface area contributed by atoms with Crippen molar-refractivity contribution < 1.29 is 9.59 Å². The Hall–Kier alpha value is -2.33. The van der Waals surface area contributed by atoms with Crippen molar-refractivity contribution >= 4 is 34.8 Å². The van der Waals surface area contributed by atoms with Gasteiger partial charge in [-0.15, -0.1) is 0 Å². The van der Waals surface area contributed by atoms with Crippen molar-refractivity contribution in [3.8, 4) is 0 Å². The Bertz CT molecular complexity index is 786. The van der Waals surface area contributed by atoms with Gasteiger partial charge in [-0.25, -0.2) is 0 Å². The molecular formula is C19H19ClN2O2. The summed E-state index contributed by atoms with van der Waals surface area (Å²) in [5.41, 5.74) is 3.57. The van der Waals surface area contributed by atoms with Crippen LogP contribution < -0.4 is 10.2 Å². The molecule has 0 aromatic heterocycles. The van der Waals surface area contributed by atoms with Crippen molar-refractivity contribution in [2.24, 2.45) is 5.92 Å². The van der Waals surface area contributed by atoms with Gasteiger partial charge < -0.3 is 10.2 Å². The van der Waals surface area contributed by atoms with Crippen LogP contribution >= 0.6 is 11.6 Å². The van der Waals surface area contributed by atoms with E-state index in [0.717, 1.165) is 22.5 Å². The quantitative estimate of drug-likeness (QED) is 0.918. The molecule has 1 fully saturated rings. The Morgan fingerprint density at radius 3 is 2.54 bits per heavy atom. The fourth-order valence-corrected chi connectivity index (χ4v) is 2.94. The highest BCUT2D eigenvalue weighted by molar-refractivity contribution is 6.31. The molecule has 1 saturated heterocycles. The lowest BCUT2D eigenvalue weighted by molar-refractivity contribution is -0.122. The molecule has 0 aliphatic carbocycles. The highest BCUT2D eigenvalue weighted by Crippen LogP contribution is 2.29. The third-order valence-corrected chi connectivity index (χ3v) is 4.69. The summed E-state index contributed by atoms with van der Waals surface area (Å²) < 4.78 is 0. The van der Waals surface area contributed by atoms with Crippen LogP contribution in [0.15, 0.2) is 42.5 Å². The summed E-state index contributed by atoms with van der Waals surface area (Å²) in [5, 5.41) is 3.50. The molecule has 2 amide bonds.